The van der Waals surface area contributed by atoms with E-state index in [-0.39, 0.29) is 23.9 Å². The molecule has 39 heavy (non-hydrogen) atoms. The van der Waals surface area contributed by atoms with Crippen molar-refractivity contribution in [1.82, 2.24) is 24.6 Å². The normalized spacial score (nSPS) is 19.8. The van der Waals surface area contributed by atoms with Gasteiger partial charge in [0.25, 0.3) is 5.91 Å². The number of hydrogen-bond acceptors (Lipinski definition) is 7. The monoisotopic (exact) mass is 522 g/mol. The number of nitrogens with one attached hydrogen (secondary N) is 1. The third kappa shape index (κ3) is 4.18. The number of likely N-dealkylation sites (tertiary alicyclic amines) is 1. The SMILES string of the molecule is C=CC(=O)N1CC2CC1C(n1nc(-c3ccc(C(=O)Nc4ccccc4N(C)C)cc3)c3c(N)ncnc31)C2. The number of para-hydroxylation sites is 2. The van der Waals surface area contributed by atoms with Crippen molar-refractivity contribution in [3.8, 4) is 11.3 Å². The summed E-state index contributed by atoms with van der Waals surface area (Å²) >= 11 is 0. The molecule has 6 rings (SSSR count). The first kappa shape index (κ1) is 24.6. The number of aromatic nitrogens is 4. The molecular formula is C29H30N8O2. The predicted molar refractivity (Wildman–Crippen MR) is 151 cm³/mol. The number of nitrogens with two attached hydrogens (primary N) is 1. The fourth-order valence-corrected chi connectivity index (χ4v) is 6.00. The van der Waals surface area contributed by atoms with Gasteiger partial charge in [-0.2, -0.15) is 5.10 Å². The van der Waals surface area contributed by atoms with Crippen LogP contribution in [0.15, 0.2) is 67.5 Å². The van der Waals surface area contributed by atoms with Crippen molar-refractivity contribution in [3.63, 3.8) is 0 Å². The maximum Gasteiger partial charge on any atom is 0.255 e. The molecule has 0 radical (unpaired) electrons. The molecule has 1 aliphatic heterocycles. The second-order valence-corrected chi connectivity index (χ2v) is 10.4. The summed E-state index contributed by atoms with van der Waals surface area (Å²) in [7, 11) is 3.87. The van der Waals surface area contributed by atoms with Crippen molar-refractivity contribution < 1.29 is 9.59 Å². The molecule has 2 aliphatic rings. The van der Waals surface area contributed by atoms with E-state index in [1.807, 2.05) is 65.0 Å². The zero-order valence-corrected chi connectivity index (χ0v) is 21.9. The Bertz CT molecular complexity index is 1590. The Morgan fingerprint density at radius 2 is 1.82 bits per heavy atom. The lowest BCUT2D eigenvalue weighted by molar-refractivity contribution is -0.128. The lowest BCUT2D eigenvalue weighted by Crippen LogP contribution is -2.42. The molecule has 3 N–H and O–H groups in total. The van der Waals surface area contributed by atoms with Crippen molar-refractivity contribution in [3.05, 3.63) is 73.1 Å². The van der Waals surface area contributed by atoms with Gasteiger partial charge >= 0.3 is 0 Å². The first-order valence-corrected chi connectivity index (χ1v) is 13.0. The van der Waals surface area contributed by atoms with Crippen molar-refractivity contribution in [2.75, 3.05) is 36.6 Å². The van der Waals surface area contributed by atoms with Gasteiger partial charge in [0.1, 0.15) is 17.8 Å². The maximum absolute atomic E-state index is 13.0. The quantitative estimate of drug-likeness (QED) is 0.370. The van der Waals surface area contributed by atoms with Gasteiger partial charge in [-0.25, -0.2) is 14.6 Å². The zero-order valence-electron chi connectivity index (χ0n) is 21.9. The van der Waals surface area contributed by atoms with Crippen LogP contribution in [0.5, 0.6) is 0 Å². The Labute approximate surface area is 226 Å². The van der Waals surface area contributed by atoms with Crippen LogP contribution in [0.1, 0.15) is 29.2 Å². The second kappa shape index (κ2) is 9.54. The molecule has 2 aromatic heterocycles. The number of nitrogens with zero attached hydrogens (tertiary/aromatic N) is 6. The van der Waals surface area contributed by atoms with Crippen LogP contribution in [-0.2, 0) is 4.79 Å². The summed E-state index contributed by atoms with van der Waals surface area (Å²) in [5.41, 5.74) is 10.6. The van der Waals surface area contributed by atoms with Crippen LogP contribution in [0, 0.1) is 5.92 Å². The minimum atomic E-state index is -0.206. The molecule has 2 bridgehead atoms. The van der Waals surface area contributed by atoms with Crippen molar-refractivity contribution in [2.24, 2.45) is 5.92 Å². The van der Waals surface area contributed by atoms with Crippen LogP contribution in [0.2, 0.25) is 0 Å². The van der Waals surface area contributed by atoms with Gasteiger partial charge < -0.3 is 20.9 Å². The van der Waals surface area contributed by atoms with Crippen LogP contribution in [0.3, 0.4) is 0 Å². The van der Waals surface area contributed by atoms with Gasteiger partial charge in [-0.3, -0.25) is 9.59 Å². The van der Waals surface area contributed by atoms with E-state index in [4.69, 9.17) is 10.8 Å². The number of nitrogen functional groups attached to an aromatic ring is 1. The van der Waals surface area contributed by atoms with Gasteiger partial charge in [0.2, 0.25) is 5.91 Å². The second-order valence-electron chi connectivity index (χ2n) is 10.4. The number of amides is 2. The maximum atomic E-state index is 13.0. The van der Waals surface area contributed by atoms with Crippen LogP contribution in [-0.4, -0.2) is 63.1 Å². The first-order chi connectivity index (χ1) is 18.9. The number of hydrogen-bond donors (Lipinski definition) is 2. The summed E-state index contributed by atoms with van der Waals surface area (Å²) in [6.07, 6.45) is 4.67. The molecule has 0 spiro atoms. The smallest absolute Gasteiger partial charge is 0.255 e. The van der Waals surface area contributed by atoms with E-state index in [1.165, 1.54) is 12.4 Å². The number of anilines is 3. The highest BCUT2D eigenvalue weighted by Gasteiger charge is 2.48. The van der Waals surface area contributed by atoms with E-state index in [0.29, 0.717) is 34.0 Å². The third-order valence-electron chi connectivity index (χ3n) is 7.79. The number of benzene rings is 2. The summed E-state index contributed by atoms with van der Waals surface area (Å²) in [5.74, 6) is 0.495. The third-order valence-corrected chi connectivity index (χ3v) is 7.79. The number of piperidine rings is 1. The molecule has 3 unspecified atom stereocenters. The molecule has 1 saturated carbocycles. The fraction of sp³-hybridized carbons (Fsp3) is 0.276. The largest absolute Gasteiger partial charge is 0.383 e. The van der Waals surface area contributed by atoms with E-state index in [1.54, 1.807) is 12.1 Å². The van der Waals surface area contributed by atoms with Crippen molar-refractivity contribution in [1.29, 1.82) is 0 Å². The molecule has 2 aromatic carbocycles. The lowest BCUT2D eigenvalue weighted by atomic mass is 10.1. The molecule has 2 fully saturated rings. The van der Waals surface area contributed by atoms with E-state index < -0.39 is 0 Å². The van der Waals surface area contributed by atoms with Gasteiger partial charge in [-0.15, -0.1) is 0 Å². The predicted octanol–water partition coefficient (Wildman–Crippen LogP) is 3.74. The number of rotatable bonds is 6. The van der Waals surface area contributed by atoms with Crippen LogP contribution >= 0.6 is 0 Å². The Morgan fingerprint density at radius 1 is 1.08 bits per heavy atom. The summed E-state index contributed by atoms with van der Waals surface area (Å²) in [6.45, 7) is 4.41. The van der Waals surface area contributed by atoms with E-state index in [0.717, 1.165) is 36.3 Å². The van der Waals surface area contributed by atoms with Gasteiger partial charge in [0.05, 0.1) is 28.8 Å². The molecule has 3 atom stereocenters. The standard InChI is InChI=1S/C29H30N8O2/c1-4-24(38)36-15-17-13-22(36)23(14-17)37-28-25(27(30)31-16-32-28)26(34-37)18-9-11-19(12-10-18)29(39)33-20-7-5-6-8-21(20)35(2)3/h4-12,16-17,22-23H,1,13-15H2,2-3H3,(H,33,39)(H2,30,31,32). The summed E-state index contributed by atoms with van der Waals surface area (Å²) < 4.78 is 1.91. The number of carbonyl (C=O) groups excluding carboxylic acids is 2. The molecule has 10 heteroatoms. The van der Waals surface area contributed by atoms with Crippen LogP contribution in [0.4, 0.5) is 17.2 Å². The Kier molecular flexibility index (Phi) is 6.02. The molecule has 10 nitrogen and oxygen atoms in total. The van der Waals surface area contributed by atoms with Gasteiger partial charge in [0.15, 0.2) is 5.65 Å². The minimum absolute atomic E-state index is 0.0139. The van der Waals surface area contributed by atoms with E-state index in [2.05, 4.69) is 21.9 Å². The first-order valence-electron chi connectivity index (χ1n) is 13.0. The highest BCUT2D eigenvalue weighted by Crippen LogP contribution is 2.46. The van der Waals surface area contributed by atoms with Gasteiger partial charge in [-0.1, -0.05) is 30.8 Å². The van der Waals surface area contributed by atoms with Crippen LogP contribution < -0.4 is 16.0 Å². The molecule has 1 saturated heterocycles. The Morgan fingerprint density at radius 3 is 2.54 bits per heavy atom. The number of fused-ring (bicyclic) bond motifs is 3. The lowest BCUT2D eigenvalue weighted by Gasteiger charge is -2.32. The van der Waals surface area contributed by atoms with Crippen LogP contribution in [0.25, 0.3) is 22.3 Å². The minimum Gasteiger partial charge on any atom is -0.383 e. The zero-order chi connectivity index (χ0) is 27.3. The summed E-state index contributed by atoms with van der Waals surface area (Å²) in [4.78, 5) is 38.1. The molecule has 2 amide bonds. The average molecular weight is 523 g/mol. The van der Waals surface area contributed by atoms with E-state index >= 15 is 0 Å². The molecule has 198 valence electrons. The van der Waals surface area contributed by atoms with Crippen molar-refractivity contribution >= 4 is 40.0 Å². The highest BCUT2D eigenvalue weighted by molar-refractivity contribution is 6.06. The fourth-order valence-electron chi connectivity index (χ4n) is 6.00. The van der Waals surface area contributed by atoms with Gasteiger partial charge in [-0.05, 0) is 49.1 Å². The summed E-state index contributed by atoms with van der Waals surface area (Å²) in [6, 6.07) is 14.9. The topological polar surface area (TPSA) is 122 Å². The molecule has 4 aromatic rings. The summed E-state index contributed by atoms with van der Waals surface area (Å²) in [5, 5.41) is 8.65. The molecule has 3 heterocycles. The Balaban J connectivity index is 1.32. The Hall–Kier alpha value is -4.73. The number of carbonyl (C=O) groups is 2. The molecule has 1 aliphatic carbocycles. The van der Waals surface area contributed by atoms with Gasteiger partial charge in [0, 0.05) is 31.8 Å². The average Bonchev–Trinajstić information content (AvgIpc) is 3.66. The van der Waals surface area contributed by atoms with Crippen molar-refractivity contribution in [2.45, 2.75) is 24.9 Å². The molecular weight excluding hydrogens is 492 g/mol. The highest BCUT2D eigenvalue weighted by atomic mass is 16.2. The van der Waals surface area contributed by atoms with E-state index in [9.17, 15) is 9.59 Å².